The number of aromatic amines is 1. The summed E-state index contributed by atoms with van der Waals surface area (Å²) >= 11 is 1.58. The summed E-state index contributed by atoms with van der Waals surface area (Å²) in [7, 11) is 1.82. The average molecular weight is 314 g/mol. The molecule has 2 aromatic heterocycles. The molecule has 22 heavy (non-hydrogen) atoms. The van der Waals surface area contributed by atoms with Crippen LogP contribution in [-0.2, 0) is 0 Å². The monoisotopic (exact) mass is 314 g/mol. The molecule has 0 aliphatic rings. The predicted octanol–water partition coefficient (Wildman–Crippen LogP) is 3.47. The normalized spacial score (nSPS) is 12.5. The SMILES string of the molecule is Cc1n[nH]c(C)c1[C@@H](C)N(C)C(=O)c1ccc2scnc2c1. The van der Waals surface area contributed by atoms with Gasteiger partial charge in [-0.25, -0.2) is 4.98 Å². The van der Waals surface area contributed by atoms with E-state index in [1.54, 1.807) is 21.7 Å². The Balaban J connectivity index is 1.90. The number of nitrogens with zero attached hydrogens (tertiary/aromatic N) is 3. The van der Waals surface area contributed by atoms with Gasteiger partial charge < -0.3 is 4.90 Å². The van der Waals surface area contributed by atoms with E-state index in [0.29, 0.717) is 5.56 Å². The van der Waals surface area contributed by atoms with E-state index in [-0.39, 0.29) is 11.9 Å². The molecule has 6 heteroatoms. The molecule has 1 atom stereocenters. The third-order valence-electron chi connectivity index (χ3n) is 4.08. The molecule has 0 unspecified atom stereocenters. The van der Waals surface area contributed by atoms with Crippen LogP contribution in [0.1, 0.15) is 40.3 Å². The van der Waals surface area contributed by atoms with Crippen molar-refractivity contribution in [1.29, 1.82) is 0 Å². The molecule has 0 fully saturated rings. The second-order valence-electron chi connectivity index (χ2n) is 5.47. The Labute approximate surface area is 133 Å². The lowest BCUT2D eigenvalue weighted by Gasteiger charge is -2.25. The number of hydrogen-bond donors (Lipinski definition) is 1. The number of hydrogen-bond acceptors (Lipinski definition) is 4. The number of carbonyl (C=O) groups is 1. The van der Waals surface area contributed by atoms with E-state index in [2.05, 4.69) is 15.2 Å². The van der Waals surface area contributed by atoms with Crippen LogP contribution in [0, 0.1) is 13.8 Å². The fourth-order valence-corrected chi connectivity index (χ4v) is 3.40. The molecule has 0 radical (unpaired) electrons. The molecule has 0 saturated carbocycles. The molecular weight excluding hydrogens is 296 g/mol. The summed E-state index contributed by atoms with van der Waals surface area (Å²) in [5, 5.41) is 7.19. The Hall–Kier alpha value is -2.21. The highest BCUT2D eigenvalue weighted by Gasteiger charge is 2.23. The number of aryl methyl sites for hydroxylation is 2. The number of benzene rings is 1. The maximum Gasteiger partial charge on any atom is 0.254 e. The zero-order chi connectivity index (χ0) is 15.9. The summed E-state index contributed by atoms with van der Waals surface area (Å²) in [6, 6.07) is 5.62. The Morgan fingerprint density at radius 3 is 2.82 bits per heavy atom. The summed E-state index contributed by atoms with van der Waals surface area (Å²) < 4.78 is 1.09. The molecule has 0 saturated heterocycles. The first-order valence-corrected chi connectivity index (χ1v) is 7.99. The molecule has 0 spiro atoms. The van der Waals surface area contributed by atoms with Gasteiger partial charge in [-0.3, -0.25) is 9.89 Å². The Kier molecular flexibility index (Phi) is 3.70. The molecule has 1 amide bonds. The van der Waals surface area contributed by atoms with Crippen LogP contribution in [0.3, 0.4) is 0 Å². The van der Waals surface area contributed by atoms with Crippen molar-refractivity contribution in [3.05, 3.63) is 46.2 Å². The standard InChI is InChI=1S/C16H18N4OS/c1-9-15(10(2)19-18-9)11(3)20(4)16(21)12-5-6-14-13(7-12)17-8-22-14/h5-8,11H,1-4H3,(H,18,19)/t11-/m1/s1. The minimum atomic E-state index is -0.0441. The molecule has 0 aliphatic heterocycles. The maximum atomic E-state index is 12.7. The Morgan fingerprint density at radius 2 is 2.14 bits per heavy atom. The number of fused-ring (bicyclic) bond motifs is 1. The molecular formula is C16H18N4OS. The molecule has 5 nitrogen and oxygen atoms in total. The first-order chi connectivity index (χ1) is 10.5. The second-order valence-corrected chi connectivity index (χ2v) is 6.36. The fraction of sp³-hybridized carbons (Fsp3) is 0.312. The van der Waals surface area contributed by atoms with E-state index >= 15 is 0 Å². The first-order valence-electron chi connectivity index (χ1n) is 7.11. The highest BCUT2D eigenvalue weighted by molar-refractivity contribution is 7.16. The van der Waals surface area contributed by atoms with Crippen LogP contribution in [-0.4, -0.2) is 33.0 Å². The number of nitrogens with one attached hydrogen (secondary N) is 1. The minimum absolute atomic E-state index is 0.0117. The smallest absolute Gasteiger partial charge is 0.254 e. The van der Waals surface area contributed by atoms with Gasteiger partial charge in [0.1, 0.15) is 0 Å². The molecule has 2 heterocycles. The topological polar surface area (TPSA) is 61.9 Å². The van der Waals surface area contributed by atoms with Gasteiger partial charge in [0.05, 0.1) is 27.5 Å². The van der Waals surface area contributed by atoms with Crippen LogP contribution < -0.4 is 0 Å². The van der Waals surface area contributed by atoms with E-state index in [0.717, 1.165) is 27.2 Å². The molecule has 1 aromatic carbocycles. The maximum absolute atomic E-state index is 12.7. The summed E-state index contributed by atoms with van der Waals surface area (Å²) in [5.74, 6) is -0.0117. The highest BCUT2D eigenvalue weighted by atomic mass is 32.1. The van der Waals surface area contributed by atoms with Crippen molar-refractivity contribution < 1.29 is 4.79 Å². The molecule has 3 aromatic rings. The molecule has 1 N–H and O–H groups in total. The zero-order valence-corrected chi connectivity index (χ0v) is 13.9. The van der Waals surface area contributed by atoms with Crippen molar-refractivity contribution in [2.45, 2.75) is 26.8 Å². The lowest BCUT2D eigenvalue weighted by molar-refractivity contribution is 0.0742. The van der Waals surface area contributed by atoms with Gasteiger partial charge in [-0.15, -0.1) is 11.3 Å². The van der Waals surface area contributed by atoms with Crippen molar-refractivity contribution in [3.63, 3.8) is 0 Å². The van der Waals surface area contributed by atoms with Gasteiger partial charge >= 0.3 is 0 Å². The third kappa shape index (κ3) is 2.39. The van der Waals surface area contributed by atoms with Crippen molar-refractivity contribution in [1.82, 2.24) is 20.1 Å². The van der Waals surface area contributed by atoms with Crippen molar-refractivity contribution in [3.8, 4) is 0 Å². The number of amides is 1. The van der Waals surface area contributed by atoms with Crippen LogP contribution in [0.5, 0.6) is 0 Å². The average Bonchev–Trinajstić information content (AvgIpc) is 3.11. The van der Waals surface area contributed by atoms with Crippen molar-refractivity contribution >= 4 is 27.5 Å². The largest absolute Gasteiger partial charge is 0.335 e. The zero-order valence-electron chi connectivity index (χ0n) is 13.0. The van der Waals surface area contributed by atoms with E-state index in [4.69, 9.17) is 0 Å². The number of H-pyrrole nitrogens is 1. The summed E-state index contributed by atoms with van der Waals surface area (Å²) in [5.41, 5.74) is 6.33. The van der Waals surface area contributed by atoms with Crippen LogP contribution in [0.2, 0.25) is 0 Å². The second kappa shape index (κ2) is 5.53. The minimum Gasteiger partial charge on any atom is -0.335 e. The van der Waals surface area contributed by atoms with Gasteiger partial charge in [-0.05, 0) is 39.0 Å². The molecule has 0 bridgehead atoms. The molecule has 114 valence electrons. The first kappa shape index (κ1) is 14.7. The van der Waals surface area contributed by atoms with Crippen LogP contribution in [0.4, 0.5) is 0 Å². The number of aromatic nitrogens is 3. The van der Waals surface area contributed by atoms with Gasteiger partial charge in [0, 0.05) is 23.9 Å². The van der Waals surface area contributed by atoms with E-state index in [1.807, 2.05) is 46.0 Å². The van der Waals surface area contributed by atoms with Gasteiger partial charge in [-0.2, -0.15) is 5.10 Å². The Bertz CT molecular complexity index is 816. The van der Waals surface area contributed by atoms with Crippen molar-refractivity contribution in [2.24, 2.45) is 0 Å². The summed E-state index contributed by atoms with van der Waals surface area (Å²) in [6.45, 7) is 5.95. The lowest BCUT2D eigenvalue weighted by atomic mass is 10.0. The van der Waals surface area contributed by atoms with Gasteiger partial charge in [-0.1, -0.05) is 0 Å². The van der Waals surface area contributed by atoms with Crippen LogP contribution in [0.25, 0.3) is 10.2 Å². The number of thiazole rings is 1. The molecule has 3 rings (SSSR count). The van der Waals surface area contributed by atoms with Crippen molar-refractivity contribution in [2.75, 3.05) is 7.05 Å². The van der Waals surface area contributed by atoms with E-state index < -0.39 is 0 Å². The Morgan fingerprint density at radius 1 is 1.36 bits per heavy atom. The predicted molar refractivity (Wildman–Crippen MR) is 88.2 cm³/mol. The number of rotatable bonds is 3. The fourth-order valence-electron chi connectivity index (χ4n) is 2.74. The molecule has 0 aliphatic carbocycles. The van der Waals surface area contributed by atoms with Crippen LogP contribution >= 0.6 is 11.3 Å². The van der Waals surface area contributed by atoms with E-state index in [1.165, 1.54) is 0 Å². The van der Waals surface area contributed by atoms with E-state index in [9.17, 15) is 4.79 Å². The summed E-state index contributed by atoms with van der Waals surface area (Å²) in [6.07, 6.45) is 0. The quantitative estimate of drug-likeness (QED) is 0.805. The highest BCUT2D eigenvalue weighted by Crippen LogP contribution is 2.26. The number of carbonyl (C=O) groups excluding carboxylic acids is 1. The van der Waals surface area contributed by atoms with Gasteiger partial charge in [0.15, 0.2) is 0 Å². The van der Waals surface area contributed by atoms with Gasteiger partial charge in [0.25, 0.3) is 5.91 Å². The lowest BCUT2D eigenvalue weighted by Crippen LogP contribution is -2.30. The third-order valence-corrected chi connectivity index (χ3v) is 4.89. The van der Waals surface area contributed by atoms with Crippen LogP contribution in [0.15, 0.2) is 23.7 Å². The summed E-state index contributed by atoms with van der Waals surface area (Å²) in [4.78, 5) is 18.8. The van der Waals surface area contributed by atoms with Gasteiger partial charge in [0.2, 0.25) is 0 Å².